The van der Waals surface area contributed by atoms with Crippen molar-refractivity contribution in [2.75, 3.05) is 62.4 Å². The first-order chi connectivity index (χ1) is 12.4. The lowest BCUT2D eigenvalue weighted by molar-refractivity contribution is 0.102. The largest absolute Gasteiger partial charge is 0.378 e. The lowest BCUT2D eigenvalue weighted by atomic mass is 10.2. The third kappa shape index (κ3) is 4.29. The number of aromatic nitrogens is 2. The molecule has 1 aromatic heterocycles. The Bertz CT molecular complexity index is 766. The fraction of sp³-hybridized carbons (Fsp3) is 0.421. The third-order valence-corrected chi connectivity index (χ3v) is 4.53. The minimum absolute atomic E-state index is 0.219. The summed E-state index contributed by atoms with van der Waals surface area (Å²) in [5, 5.41) is 2.91. The van der Waals surface area contributed by atoms with Crippen molar-refractivity contribution < 1.29 is 4.79 Å². The van der Waals surface area contributed by atoms with Gasteiger partial charge in [-0.25, -0.2) is 9.97 Å². The Morgan fingerprint density at radius 3 is 2.35 bits per heavy atom. The molecule has 1 amide bonds. The molecule has 1 aliphatic rings. The average molecular weight is 354 g/mol. The lowest BCUT2D eigenvalue weighted by Gasteiger charge is -2.33. The van der Waals surface area contributed by atoms with Gasteiger partial charge in [0.2, 0.25) is 0 Å². The number of nitrogens with zero attached hydrogens (tertiary/aromatic N) is 5. The van der Waals surface area contributed by atoms with E-state index in [1.807, 2.05) is 50.2 Å². The van der Waals surface area contributed by atoms with Crippen molar-refractivity contribution in [1.29, 1.82) is 0 Å². The molecule has 1 fully saturated rings. The van der Waals surface area contributed by atoms with Crippen LogP contribution in [-0.4, -0.2) is 68.1 Å². The Morgan fingerprint density at radius 1 is 1.08 bits per heavy atom. The summed E-state index contributed by atoms with van der Waals surface area (Å²) in [7, 11) is 6.08. The molecule has 0 atom stereocenters. The molecular weight excluding hydrogens is 328 g/mol. The summed E-state index contributed by atoms with van der Waals surface area (Å²) in [6.07, 6.45) is 0. The quantitative estimate of drug-likeness (QED) is 0.904. The van der Waals surface area contributed by atoms with Crippen molar-refractivity contribution >= 4 is 23.1 Å². The van der Waals surface area contributed by atoms with Crippen molar-refractivity contribution in [3.8, 4) is 0 Å². The minimum atomic E-state index is -0.219. The van der Waals surface area contributed by atoms with Gasteiger partial charge in [-0.2, -0.15) is 0 Å². The highest BCUT2D eigenvalue weighted by Gasteiger charge is 2.18. The van der Waals surface area contributed by atoms with Crippen molar-refractivity contribution in [2.24, 2.45) is 0 Å². The maximum Gasteiger partial charge on any atom is 0.274 e. The molecule has 0 radical (unpaired) electrons. The Balaban J connectivity index is 1.74. The normalized spacial score (nSPS) is 15.0. The lowest BCUT2D eigenvalue weighted by Crippen LogP contribution is -2.45. The Labute approximate surface area is 154 Å². The molecule has 138 valence electrons. The average Bonchev–Trinajstić information content (AvgIpc) is 2.62. The van der Waals surface area contributed by atoms with E-state index in [2.05, 4.69) is 32.1 Å². The molecular formula is C19H26N6O. The van der Waals surface area contributed by atoms with E-state index in [0.29, 0.717) is 11.5 Å². The van der Waals surface area contributed by atoms with Crippen LogP contribution in [0.5, 0.6) is 0 Å². The van der Waals surface area contributed by atoms with Crippen LogP contribution >= 0.6 is 0 Å². The van der Waals surface area contributed by atoms with Crippen molar-refractivity contribution in [3.63, 3.8) is 0 Å². The SMILES string of the molecule is Cc1nc(C(=O)Nc2ccc(N(C)C)cc2)cc(N2CCN(C)CC2)n1. The smallest absolute Gasteiger partial charge is 0.274 e. The first-order valence-corrected chi connectivity index (χ1v) is 8.80. The Morgan fingerprint density at radius 2 is 1.73 bits per heavy atom. The number of amides is 1. The Hall–Kier alpha value is -2.67. The van der Waals surface area contributed by atoms with E-state index in [0.717, 1.165) is 43.4 Å². The van der Waals surface area contributed by atoms with E-state index >= 15 is 0 Å². The van der Waals surface area contributed by atoms with E-state index in [9.17, 15) is 4.79 Å². The summed E-state index contributed by atoms with van der Waals surface area (Å²) in [4.78, 5) is 28.0. The summed E-state index contributed by atoms with van der Waals surface area (Å²) < 4.78 is 0. The number of hydrogen-bond donors (Lipinski definition) is 1. The zero-order valence-electron chi connectivity index (χ0n) is 15.9. The molecule has 1 aromatic carbocycles. The summed E-state index contributed by atoms with van der Waals surface area (Å²) in [5.74, 6) is 1.21. The van der Waals surface area contributed by atoms with E-state index in [1.165, 1.54) is 0 Å². The molecule has 0 saturated carbocycles. The number of rotatable bonds is 4. The number of aryl methyl sites for hydroxylation is 1. The predicted octanol–water partition coefficient (Wildman–Crippen LogP) is 1.86. The first-order valence-electron chi connectivity index (χ1n) is 8.80. The number of carbonyl (C=O) groups excluding carboxylic acids is 1. The zero-order valence-corrected chi connectivity index (χ0v) is 15.9. The Kier molecular flexibility index (Phi) is 5.37. The molecule has 0 bridgehead atoms. The van der Waals surface area contributed by atoms with Crippen LogP contribution < -0.4 is 15.1 Å². The highest BCUT2D eigenvalue weighted by Crippen LogP contribution is 2.18. The zero-order chi connectivity index (χ0) is 18.7. The van der Waals surface area contributed by atoms with E-state index < -0.39 is 0 Å². The van der Waals surface area contributed by atoms with Gasteiger partial charge in [-0.1, -0.05) is 0 Å². The summed E-state index contributed by atoms with van der Waals surface area (Å²) >= 11 is 0. The van der Waals surface area contributed by atoms with Crippen molar-refractivity contribution in [1.82, 2.24) is 14.9 Å². The summed E-state index contributed by atoms with van der Waals surface area (Å²) in [6, 6.07) is 9.50. The highest BCUT2D eigenvalue weighted by atomic mass is 16.1. The number of hydrogen-bond acceptors (Lipinski definition) is 6. The van der Waals surface area contributed by atoms with Crippen molar-refractivity contribution in [2.45, 2.75) is 6.92 Å². The fourth-order valence-electron chi connectivity index (χ4n) is 2.90. The van der Waals surface area contributed by atoms with E-state index in [1.54, 1.807) is 6.07 Å². The predicted molar refractivity (Wildman–Crippen MR) is 105 cm³/mol. The van der Waals surface area contributed by atoms with Gasteiger partial charge in [-0.3, -0.25) is 4.79 Å². The molecule has 0 aliphatic carbocycles. The summed E-state index contributed by atoms with van der Waals surface area (Å²) in [5.41, 5.74) is 2.22. The number of anilines is 3. The molecule has 2 heterocycles. The van der Waals surface area contributed by atoms with Gasteiger partial charge in [0, 0.05) is 57.7 Å². The van der Waals surface area contributed by atoms with E-state index in [-0.39, 0.29) is 5.91 Å². The van der Waals surface area contributed by atoms with Crippen molar-refractivity contribution in [3.05, 3.63) is 41.9 Å². The van der Waals surface area contributed by atoms with Crippen LogP contribution in [0.1, 0.15) is 16.3 Å². The van der Waals surface area contributed by atoms with Gasteiger partial charge in [0.05, 0.1) is 0 Å². The standard InChI is InChI=1S/C19H26N6O/c1-14-20-17(13-18(21-14)25-11-9-24(4)10-12-25)19(26)22-15-5-7-16(8-6-15)23(2)3/h5-8,13H,9-12H2,1-4H3,(H,22,26). The van der Waals surface area contributed by atoms with Gasteiger partial charge < -0.3 is 20.0 Å². The van der Waals surface area contributed by atoms with Crippen LogP contribution in [0.3, 0.4) is 0 Å². The van der Waals surface area contributed by atoms with Crippen LogP contribution in [0, 0.1) is 6.92 Å². The molecule has 7 heteroatoms. The number of carbonyl (C=O) groups is 1. The monoisotopic (exact) mass is 354 g/mol. The summed E-state index contributed by atoms with van der Waals surface area (Å²) in [6.45, 7) is 5.61. The maximum atomic E-state index is 12.6. The molecule has 2 aromatic rings. The van der Waals surface area contributed by atoms with Crippen LogP contribution in [0.25, 0.3) is 0 Å². The third-order valence-electron chi connectivity index (χ3n) is 4.53. The fourth-order valence-corrected chi connectivity index (χ4v) is 2.90. The van der Waals surface area contributed by atoms with Gasteiger partial charge in [0.15, 0.2) is 0 Å². The number of likely N-dealkylation sites (N-methyl/N-ethyl adjacent to an activating group) is 1. The maximum absolute atomic E-state index is 12.6. The second-order valence-electron chi connectivity index (χ2n) is 6.84. The minimum Gasteiger partial charge on any atom is -0.378 e. The molecule has 0 unspecified atom stereocenters. The van der Waals surface area contributed by atoms with E-state index in [4.69, 9.17) is 0 Å². The second-order valence-corrected chi connectivity index (χ2v) is 6.84. The molecule has 3 rings (SSSR count). The van der Waals surface area contributed by atoms with Gasteiger partial charge in [0.25, 0.3) is 5.91 Å². The van der Waals surface area contributed by atoms with Gasteiger partial charge in [-0.15, -0.1) is 0 Å². The molecule has 7 nitrogen and oxygen atoms in total. The highest BCUT2D eigenvalue weighted by molar-refractivity contribution is 6.03. The second kappa shape index (κ2) is 7.70. The van der Waals surface area contributed by atoms with Crippen LogP contribution in [0.2, 0.25) is 0 Å². The first kappa shape index (κ1) is 18.1. The van der Waals surface area contributed by atoms with Crippen LogP contribution in [0.15, 0.2) is 30.3 Å². The molecule has 1 aliphatic heterocycles. The molecule has 1 N–H and O–H groups in total. The van der Waals surface area contributed by atoms with Crippen LogP contribution in [-0.2, 0) is 0 Å². The number of benzene rings is 1. The van der Waals surface area contributed by atoms with Gasteiger partial charge >= 0.3 is 0 Å². The number of piperazine rings is 1. The molecule has 1 saturated heterocycles. The molecule has 0 spiro atoms. The van der Waals surface area contributed by atoms with Crippen LogP contribution in [0.4, 0.5) is 17.2 Å². The van der Waals surface area contributed by atoms with Gasteiger partial charge in [0.1, 0.15) is 17.3 Å². The van der Waals surface area contributed by atoms with Gasteiger partial charge in [-0.05, 0) is 38.2 Å². The topological polar surface area (TPSA) is 64.6 Å². The molecule has 26 heavy (non-hydrogen) atoms. The number of nitrogens with one attached hydrogen (secondary N) is 1.